The molecule has 0 spiro atoms. The van der Waals surface area contributed by atoms with Gasteiger partial charge in [0.05, 0.1) is 22.9 Å². The van der Waals surface area contributed by atoms with Gasteiger partial charge in [0.15, 0.2) is 0 Å². The van der Waals surface area contributed by atoms with Crippen LogP contribution in [0.25, 0.3) is 17.1 Å². The molecule has 126 valence electrons. The first-order chi connectivity index (χ1) is 12.3. The van der Waals surface area contributed by atoms with Gasteiger partial charge in [0.1, 0.15) is 6.61 Å². The minimum Gasteiger partial charge on any atom is -0.445 e. The monoisotopic (exact) mass is 333 g/mol. The maximum absolute atomic E-state index is 11.6. The second kappa shape index (κ2) is 8.59. The minimum atomic E-state index is -0.414. The van der Waals surface area contributed by atoms with Crippen molar-refractivity contribution in [2.24, 2.45) is 0 Å². The molecule has 3 aromatic rings. The van der Waals surface area contributed by atoms with Gasteiger partial charge in [0.25, 0.3) is 0 Å². The summed E-state index contributed by atoms with van der Waals surface area (Å²) in [6.45, 7) is 0.778. The second-order valence-corrected chi connectivity index (χ2v) is 5.46. The Hall–Kier alpha value is -3.21. The number of carbonyl (C=O) groups is 1. The normalized spacial score (nSPS) is 10.9. The number of benzene rings is 2. The molecule has 1 aromatic heterocycles. The molecule has 1 N–H and O–H groups in total. The predicted octanol–water partition coefficient (Wildman–Crippen LogP) is 3.96. The molecule has 3 rings (SSSR count). The van der Waals surface area contributed by atoms with E-state index in [4.69, 9.17) is 4.74 Å². The van der Waals surface area contributed by atoms with Crippen molar-refractivity contribution in [1.29, 1.82) is 0 Å². The summed E-state index contributed by atoms with van der Waals surface area (Å²) in [5, 5.41) is 2.72. The van der Waals surface area contributed by atoms with Crippen LogP contribution in [0.4, 0.5) is 4.79 Å². The molecular weight excluding hydrogens is 314 g/mol. The summed E-state index contributed by atoms with van der Waals surface area (Å²) in [4.78, 5) is 20.5. The van der Waals surface area contributed by atoms with E-state index in [-0.39, 0.29) is 6.61 Å². The van der Waals surface area contributed by atoms with E-state index in [0.29, 0.717) is 13.0 Å². The molecule has 0 atom stereocenters. The Bertz CT molecular complexity index is 863. The van der Waals surface area contributed by atoms with E-state index in [0.717, 1.165) is 22.3 Å². The zero-order valence-electron chi connectivity index (χ0n) is 13.8. The molecule has 5 nitrogen and oxygen atoms in total. The van der Waals surface area contributed by atoms with Crippen molar-refractivity contribution in [1.82, 2.24) is 15.3 Å². The third-order valence-corrected chi connectivity index (χ3v) is 3.55. The van der Waals surface area contributed by atoms with E-state index >= 15 is 0 Å². The van der Waals surface area contributed by atoms with E-state index in [9.17, 15) is 4.79 Å². The number of alkyl carbamates (subject to hydrolysis) is 1. The summed E-state index contributed by atoms with van der Waals surface area (Å²) in [7, 11) is 0. The molecule has 0 saturated carbocycles. The van der Waals surface area contributed by atoms with E-state index in [1.54, 1.807) is 6.20 Å². The van der Waals surface area contributed by atoms with Crippen LogP contribution in [-0.2, 0) is 11.3 Å². The number of hydrogen-bond acceptors (Lipinski definition) is 4. The average Bonchev–Trinajstić information content (AvgIpc) is 2.67. The molecule has 0 aliphatic heterocycles. The lowest BCUT2D eigenvalue weighted by atomic mass is 10.2. The summed E-state index contributed by atoms with van der Waals surface area (Å²) in [6.07, 6.45) is 5.87. The summed E-state index contributed by atoms with van der Waals surface area (Å²) in [5.41, 5.74) is 3.51. The number of para-hydroxylation sites is 2. The molecule has 1 amide bonds. The lowest BCUT2D eigenvalue weighted by Gasteiger charge is -2.05. The maximum Gasteiger partial charge on any atom is 0.407 e. The molecule has 0 unspecified atom stereocenters. The molecule has 0 aliphatic rings. The Kier molecular flexibility index (Phi) is 5.72. The first-order valence-electron chi connectivity index (χ1n) is 8.14. The minimum absolute atomic E-state index is 0.273. The average molecular weight is 333 g/mol. The SMILES string of the molecule is O=C(NCCC=Cc1cnc2ccccc2n1)OCc1ccccc1. The highest BCUT2D eigenvalue weighted by Gasteiger charge is 2.01. The number of aromatic nitrogens is 2. The Morgan fingerprint density at radius 3 is 2.64 bits per heavy atom. The Labute approximate surface area is 146 Å². The van der Waals surface area contributed by atoms with Gasteiger partial charge in [-0.25, -0.2) is 9.78 Å². The standard InChI is InChI=1S/C20H19N3O2/c24-20(25-15-16-8-2-1-3-9-16)21-13-7-6-10-17-14-22-18-11-4-5-12-19(18)23-17/h1-6,8-12,14H,7,13,15H2,(H,21,24). The van der Waals surface area contributed by atoms with Crippen molar-refractivity contribution < 1.29 is 9.53 Å². The van der Waals surface area contributed by atoms with Gasteiger partial charge in [-0.3, -0.25) is 4.98 Å². The number of nitrogens with zero attached hydrogens (tertiary/aromatic N) is 2. The van der Waals surface area contributed by atoms with Crippen LogP contribution in [0.1, 0.15) is 17.7 Å². The second-order valence-electron chi connectivity index (χ2n) is 5.46. The van der Waals surface area contributed by atoms with Crippen LogP contribution in [0, 0.1) is 0 Å². The van der Waals surface area contributed by atoms with Crippen molar-refractivity contribution in [3.8, 4) is 0 Å². The highest BCUT2D eigenvalue weighted by Crippen LogP contribution is 2.09. The number of hydrogen-bond donors (Lipinski definition) is 1. The fourth-order valence-electron chi connectivity index (χ4n) is 2.29. The lowest BCUT2D eigenvalue weighted by molar-refractivity contribution is 0.140. The van der Waals surface area contributed by atoms with Gasteiger partial charge >= 0.3 is 6.09 Å². The Balaban J connectivity index is 1.39. The molecule has 0 bridgehead atoms. The van der Waals surface area contributed by atoms with Crippen LogP contribution in [0.3, 0.4) is 0 Å². The third kappa shape index (κ3) is 5.14. The molecule has 0 fully saturated rings. The van der Waals surface area contributed by atoms with Gasteiger partial charge < -0.3 is 10.1 Å². The fraction of sp³-hybridized carbons (Fsp3) is 0.150. The van der Waals surface area contributed by atoms with Crippen LogP contribution in [0.2, 0.25) is 0 Å². The van der Waals surface area contributed by atoms with Gasteiger partial charge in [-0.05, 0) is 30.2 Å². The Morgan fingerprint density at radius 2 is 1.80 bits per heavy atom. The highest BCUT2D eigenvalue weighted by atomic mass is 16.5. The van der Waals surface area contributed by atoms with Crippen LogP contribution in [0.15, 0.2) is 66.9 Å². The number of rotatable bonds is 6. The van der Waals surface area contributed by atoms with E-state index < -0.39 is 6.09 Å². The van der Waals surface area contributed by atoms with Crippen molar-refractivity contribution in [2.75, 3.05) is 6.54 Å². The molecule has 2 aromatic carbocycles. The van der Waals surface area contributed by atoms with Gasteiger partial charge in [-0.1, -0.05) is 48.5 Å². The third-order valence-electron chi connectivity index (χ3n) is 3.55. The highest BCUT2D eigenvalue weighted by molar-refractivity contribution is 5.74. The van der Waals surface area contributed by atoms with Crippen molar-refractivity contribution in [2.45, 2.75) is 13.0 Å². The van der Waals surface area contributed by atoms with Crippen LogP contribution in [0.5, 0.6) is 0 Å². The maximum atomic E-state index is 11.6. The van der Waals surface area contributed by atoms with Gasteiger partial charge in [-0.15, -0.1) is 0 Å². The van der Waals surface area contributed by atoms with E-state index in [2.05, 4.69) is 15.3 Å². The quantitative estimate of drug-likeness (QED) is 0.694. The first kappa shape index (κ1) is 16.6. The zero-order valence-corrected chi connectivity index (χ0v) is 13.8. The summed E-state index contributed by atoms with van der Waals surface area (Å²) >= 11 is 0. The lowest BCUT2D eigenvalue weighted by Crippen LogP contribution is -2.24. The van der Waals surface area contributed by atoms with Crippen molar-refractivity contribution in [3.05, 3.63) is 78.1 Å². The smallest absolute Gasteiger partial charge is 0.407 e. The van der Waals surface area contributed by atoms with Gasteiger partial charge in [-0.2, -0.15) is 0 Å². The van der Waals surface area contributed by atoms with Crippen molar-refractivity contribution in [3.63, 3.8) is 0 Å². The molecule has 5 heteroatoms. The summed E-state index contributed by atoms with van der Waals surface area (Å²) in [5.74, 6) is 0. The predicted molar refractivity (Wildman–Crippen MR) is 97.8 cm³/mol. The van der Waals surface area contributed by atoms with Crippen molar-refractivity contribution >= 4 is 23.2 Å². The fourth-order valence-corrected chi connectivity index (χ4v) is 2.29. The number of amides is 1. The van der Waals surface area contributed by atoms with Gasteiger partial charge in [0.2, 0.25) is 0 Å². The Morgan fingerprint density at radius 1 is 1.04 bits per heavy atom. The topological polar surface area (TPSA) is 64.1 Å². The number of carbonyl (C=O) groups excluding carboxylic acids is 1. The zero-order chi connectivity index (χ0) is 17.3. The molecular formula is C20H19N3O2. The van der Waals surface area contributed by atoms with E-state index in [1.165, 1.54) is 0 Å². The molecule has 0 radical (unpaired) electrons. The number of nitrogens with one attached hydrogen (secondary N) is 1. The number of fused-ring (bicyclic) bond motifs is 1. The molecule has 0 saturated heterocycles. The summed E-state index contributed by atoms with van der Waals surface area (Å²) < 4.78 is 5.14. The summed E-state index contributed by atoms with van der Waals surface area (Å²) in [6, 6.07) is 17.3. The molecule has 25 heavy (non-hydrogen) atoms. The van der Waals surface area contributed by atoms with Crippen LogP contribution >= 0.6 is 0 Å². The largest absolute Gasteiger partial charge is 0.445 e. The van der Waals surface area contributed by atoms with Gasteiger partial charge in [0, 0.05) is 6.54 Å². The van der Waals surface area contributed by atoms with Crippen LogP contribution < -0.4 is 5.32 Å². The van der Waals surface area contributed by atoms with Crippen LogP contribution in [-0.4, -0.2) is 22.6 Å². The molecule has 0 aliphatic carbocycles. The first-order valence-corrected chi connectivity index (χ1v) is 8.14. The van der Waals surface area contributed by atoms with E-state index in [1.807, 2.05) is 66.7 Å². The number of ether oxygens (including phenoxy) is 1. The molecule has 1 heterocycles.